The molecule has 2 heterocycles. The predicted molar refractivity (Wildman–Crippen MR) is 133 cm³/mol. The van der Waals surface area contributed by atoms with E-state index in [2.05, 4.69) is 33.9 Å². The number of para-hydroxylation sites is 3. The lowest BCUT2D eigenvalue weighted by Gasteiger charge is -2.08. The zero-order valence-corrected chi connectivity index (χ0v) is 19.0. The van der Waals surface area contributed by atoms with Gasteiger partial charge in [0.05, 0.1) is 22.5 Å². The first-order chi connectivity index (χ1) is 15.7. The van der Waals surface area contributed by atoms with E-state index >= 15 is 0 Å². The Hall–Kier alpha value is -3.42. The minimum atomic E-state index is -0.105. The summed E-state index contributed by atoms with van der Waals surface area (Å²) in [5.74, 6) is 0.141. The van der Waals surface area contributed by atoms with E-state index in [0.717, 1.165) is 33.1 Å². The molecule has 1 N–H and O–H groups in total. The van der Waals surface area contributed by atoms with Crippen LogP contribution in [0.1, 0.15) is 5.56 Å². The monoisotopic (exact) mass is 456 g/mol. The molecule has 5 rings (SSSR count). The summed E-state index contributed by atoms with van der Waals surface area (Å²) < 4.78 is 2.09. The van der Waals surface area contributed by atoms with E-state index in [-0.39, 0.29) is 11.7 Å². The van der Waals surface area contributed by atoms with Crippen LogP contribution in [0.25, 0.3) is 28.0 Å². The fraction of sp³-hybridized carbons (Fsp3) is 0.0800. The minimum Gasteiger partial charge on any atom is -0.301 e. The van der Waals surface area contributed by atoms with Crippen molar-refractivity contribution in [1.82, 2.24) is 14.5 Å². The first-order valence-corrected chi connectivity index (χ1v) is 12.0. The lowest BCUT2D eigenvalue weighted by atomic mass is 10.1. The lowest BCUT2D eigenvalue weighted by molar-refractivity contribution is -0.113. The maximum absolute atomic E-state index is 12.6. The Morgan fingerprint density at radius 1 is 0.969 bits per heavy atom. The van der Waals surface area contributed by atoms with Crippen molar-refractivity contribution >= 4 is 45.2 Å². The zero-order valence-electron chi connectivity index (χ0n) is 17.4. The molecule has 7 heteroatoms. The van der Waals surface area contributed by atoms with Crippen LogP contribution in [0.4, 0.5) is 5.13 Å². The number of thioether (sulfide) groups is 1. The van der Waals surface area contributed by atoms with E-state index in [1.54, 1.807) is 0 Å². The van der Waals surface area contributed by atoms with E-state index < -0.39 is 0 Å². The average molecular weight is 457 g/mol. The molecule has 32 heavy (non-hydrogen) atoms. The number of nitrogens with one attached hydrogen (secondary N) is 1. The molecule has 5 nitrogen and oxygen atoms in total. The number of hydrogen-bond donors (Lipinski definition) is 1. The number of benzene rings is 3. The molecule has 158 valence electrons. The van der Waals surface area contributed by atoms with Crippen LogP contribution >= 0.6 is 23.1 Å². The molecule has 0 saturated carbocycles. The van der Waals surface area contributed by atoms with Crippen LogP contribution in [0, 0.1) is 6.92 Å². The predicted octanol–water partition coefficient (Wildman–Crippen LogP) is 6.19. The van der Waals surface area contributed by atoms with Gasteiger partial charge in [-0.2, -0.15) is 0 Å². The number of imidazole rings is 1. The van der Waals surface area contributed by atoms with Crippen LogP contribution in [0.2, 0.25) is 0 Å². The minimum absolute atomic E-state index is 0.105. The normalized spacial score (nSPS) is 11.0. The Bertz CT molecular complexity index is 1370. The van der Waals surface area contributed by atoms with Crippen molar-refractivity contribution in [3.63, 3.8) is 0 Å². The molecule has 0 spiro atoms. The van der Waals surface area contributed by atoms with E-state index in [0.29, 0.717) is 5.13 Å². The fourth-order valence-electron chi connectivity index (χ4n) is 3.40. The number of thiazole rings is 1. The van der Waals surface area contributed by atoms with Gasteiger partial charge in [-0.15, -0.1) is 11.3 Å². The third-order valence-electron chi connectivity index (χ3n) is 4.97. The number of hydrogen-bond acceptors (Lipinski definition) is 5. The highest BCUT2D eigenvalue weighted by atomic mass is 32.2. The first-order valence-electron chi connectivity index (χ1n) is 10.2. The number of amides is 1. The second kappa shape index (κ2) is 8.98. The maximum atomic E-state index is 12.6. The smallest absolute Gasteiger partial charge is 0.236 e. The molecule has 0 saturated heterocycles. The fourth-order valence-corrected chi connectivity index (χ4v) is 4.96. The molecule has 0 aliphatic rings. The summed E-state index contributed by atoms with van der Waals surface area (Å²) in [4.78, 5) is 22.0. The Kier molecular flexibility index (Phi) is 5.75. The third kappa shape index (κ3) is 4.30. The van der Waals surface area contributed by atoms with Gasteiger partial charge in [0.15, 0.2) is 10.3 Å². The number of aromatic nitrogens is 3. The van der Waals surface area contributed by atoms with Crippen molar-refractivity contribution in [2.75, 3.05) is 11.1 Å². The second-order valence-electron chi connectivity index (χ2n) is 7.29. The summed E-state index contributed by atoms with van der Waals surface area (Å²) in [6.45, 7) is 2.06. The summed E-state index contributed by atoms with van der Waals surface area (Å²) in [6, 6.07) is 26.3. The van der Waals surface area contributed by atoms with Crippen molar-refractivity contribution in [1.29, 1.82) is 0 Å². The maximum Gasteiger partial charge on any atom is 0.236 e. The van der Waals surface area contributed by atoms with Crippen LogP contribution < -0.4 is 5.32 Å². The standard InChI is InChI=1S/C25H20N4OS2/c1-17-11-13-18(14-12-17)21-15-31-24(26-21)28-23(30)16-32-25-27-20-9-5-6-10-22(20)29(25)19-7-3-2-4-8-19/h2-15H,16H2,1H3,(H,26,28,30). The van der Waals surface area contributed by atoms with Crippen molar-refractivity contribution in [2.24, 2.45) is 0 Å². The third-order valence-corrected chi connectivity index (χ3v) is 6.67. The summed E-state index contributed by atoms with van der Waals surface area (Å²) in [6.07, 6.45) is 0. The quantitative estimate of drug-likeness (QED) is 0.310. The summed E-state index contributed by atoms with van der Waals surface area (Å²) in [5.41, 5.74) is 6.05. The number of carbonyl (C=O) groups excluding carboxylic acids is 1. The Morgan fingerprint density at radius 2 is 1.72 bits per heavy atom. The molecule has 2 aromatic heterocycles. The average Bonchev–Trinajstić information content (AvgIpc) is 3.43. The molecule has 0 unspecified atom stereocenters. The van der Waals surface area contributed by atoms with Gasteiger partial charge in [-0.25, -0.2) is 9.97 Å². The Labute approximate surface area is 194 Å². The first kappa shape index (κ1) is 20.5. The van der Waals surface area contributed by atoms with Crippen molar-refractivity contribution in [3.8, 4) is 16.9 Å². The summed E-state index contributed by atoms with van der Waals surface area (Å²) in [7, 11) is 0. The molecule has 0 atom stereocenters. The number of rotatable bonds is 6. The molecule has 3 aromatic carbocycles. The van der Waals surface area contributed by atoms with Crippen molar-refractivity contribution in [2.45, 2.75) is 12.1 Å². The molecule has 5 aromatic rings. The highest BCUT2D eigenvalue weighted by Gasteiger charge is 2.15. The van der Waals surface area contributed by atoms with Gasteiger partial charge in [0.2, 0.25) is 5.91 Å². The van der Waals surface area contributed by atoms with Crippen LogP contribution in [0.5, 0.6) is 0 Å². The molecular weight excluding hydrogens is 436 g/mol. The van der Waals surface area contributed by atoms with Gasteiger partial charge < -0.3 is 5.32 Å². The van der Waals surface area contributed by atoms with Gasteiger partial charge >= 0.3 is 0 Å². The number of aryl methyl sites for hydroxylation is 1. The van der Waals surface area contributed by atoms with Crippen molar-refractivity contribution < 1.29 is 4.79 Å². The lowest BCUT2D eigenvalue weighted by Crippen LogP contribution is -2.14. The van der Waals surface area contributed by atoms with Gasteiger partial charge in [0.25, 0.3) is 0 Å². The Balaban J connectivity index is 1.31. The molecule has 0 fully saturated rings. The van der Waals surface area contributed by atoms with Gasteiger partial charge in [0.1, 0.15) is 0 Å². The zero-order chi connectivity index (χ0) is 21.9. The largest absolute Gasteiger partial charge is 0.301 e. The van der Waals surface area contributed by atoms with E-state index in [1.807, 2.05) is 72.1 Å². The van der Waals surface area contributed by atoms with E-state index in [4.69, 9.17) is 4.98 Å². The highest BCUT2D eigenvalue weighted by Crippen LogP contribution is 2.29. The molecule has 0 bridgehead atoms. The molecule has 1 amide bonds. The van der Waals surface area contributed by atoms with Crippen LogP contribution in [0.15, 0.2) is 89.4 Å². The number of anilines is 1. The van der Waals surface area contributed by atoms with Gasteiger partial charge in [0, 0.05) is 16.6 Å². The molecule has 0 radical (unpaired) electrons. The molecule has 0 aliphatic carbocycles. The van der Waals surface area contributed by atoms with Crippen LogP contribution in [-0.4, -0.2) is 26.2 Å². The van der Waals surface area contributed by atoms with Crippen LogP contribution in [-0.2, 0) is 4.79 Å². The van der Waals surface area contributed by atoms with Crippen LogP contribution in [0.3, 0.4) is 0 Å². The number of carbonyl (C=O) groups is 1. The molecule has 0 aliphatic heterocycles. The van der Waals surface area contributed by atoms with E-state index in [9.17, 15) is 4.79 Å². The molecular formula is C25H20N4OS2. The number of nitrogens with zero attached hydrogens (tertiary/aromatic N) is 3. The SMILES string of the molecule is Cc1ccc(-c2csc(NC(=O)CSc3nc4ccccc4n3-c3ccccc3)n2)cc1. The second-order valence-corrected chi connectivity index (χ2v) is 9.10. The topological polar surface area (TPSA) is 59.8 Å². The van der Waals surface area contributed by atoms with E-state index in [1.165, 1.54) is 28.7 Å². The summed E-state index contributed by atoms with van der Waals surface area (Å²) in [5, 5.41) is 6.26. The van der Waals surface area contributed by atoms with Gasteiger partial charge in [-0.3, -0.25) is 9.36 Å². The van der Waals surface area contributed by atoms with Gasteiger partial charge in [-0.05, 0) is 31.2 Å². The highest BCUT2D eigenvalue weighted by molar-refractivity contribution is 7.99. The number of fused-ring (bicyclic) bond motifs is 1. The summed E-state index contributed by atoms with van der Waals surface area (Å²) >= 11 is 2.85. The van der Waals surface area contributed by atoms with Crippen molar-refractivity contribution in [3.05, 3.63) is 89.8 Å². The Morgan fingerprint density at radius 3 is 2.53 bits per heavy atom. The van der Waals surface area contributed by atoms with Gasteiger partial charge in [-0.1, -0.05) is 71.9 Å².